The SMILES string of the molecule is CCOc1ccccc1OCNC(=O)N(Cc1ccccc1)c1ccccc1. The molecule has 0 aromatic heterocycles. The number of nitrogens with zero attached hydrogens (tertiary/aromatic N) is 1. The Morgan fingerprint density at radius 3 is 2.04 bits per heavy atom. The van der Waals surface area contributed by atoms with Crippen molar-refractivity contribution >= 4 is 11.7 Å². The van der Waals surface area contributed by atoms with Crippen LogP contribution in [0.25, 0.3) is 0 Å². The van der Waals surface area contributed by atoms with Gasteiger partial charge in [-0.1, -0.05) is 60.7 Å². The van der Waals surface area contributed by atoms with Crippen LogP contribution in [-0.4, -0.2) is 19.4 Å². The summed E-state index contributed by atoms with van der Waals surface area (Å²) < 4.78 is 11.3. The first-order chi connectivity index (χ1) is 13.8. The second-order valence-corrected chi connectivity index (χ2v) is 6.06. The van der Waals surface area contributed by atoms with Gasteiger partial charge in [0.05, 0.1) is 13.2 Å². The van der Waals surface area contributed by atoms with Gasteiger partial charge in [0.25, 0.3) is 0 Å². The fraction of sp³-hybridized carbons (Fsp3) is 0.174. The summed E-state index contributed by atoms with van der Waals surface area (Å²) >= 11 is 0. The predicted octanol–water partition coefficient (Wildman–Crippen LogP) is 4.84. The van der Waals surface area contributed by atoms with Crippen molar-refractivity contribution in [3.8, 4) is 11.5 Å². The Labute approximate surface area is 165 Å². The monoisotopic (exact) mass is 376 g/mol. The van der Waals surface area contributed by atoms with Gasteiger partial charge in [0.15, 0.2) is 18.2 Å². The van der Waals surface area contributed by atoms with Crippen LogP contribution in [0.5, 0.6) is 11.5 Å². The van der Waals surface area contributed by atoms with Crippen LogP contribution in [-0.2, 0) is 6.54 Å². The first kappa shape index (κ1) is 19.3. The molecule has 5 heteroatoms. The van der Waals surface area contributed by atoms with Gasteiger partial charge in [-0.05, 0) is 36.8 Å². The molecular weight excluding hydrogens is 352 g/mol. The van der Waals surface area contributed by atoms with Crippen molar-refractivity contribution < 1.29 is 14.3 Å². The highest BCUT2D eigenvalue weighted by Crippen LogP contribution is 2.26. The number of carbonyl (C=O) groups excluding carboxylic acids is 1. The molecule has 0 unspecified atom stereocenters. The van der Waals surface area contributed by atoms with E-state index < -0.39 is 0 Å². The fourth-order valence-corrected chi connectivity index (χ4v) is 2.77. The number of benzene rings is 3. The van der Waals surface area contributed by atoms with Crippen LogP contribution < -0.4 is 19.7 Å². The molecule has 3 aromatic rings. The van der Waals surface area contributed by atoms with Crippen LogP contribution in [0.2, 0.25) is 0 Å². The molecule has 0 fully saturated rings. The Balaban J connectivity index is 1.66. The van der Waals surface area contributed by atoms with Gasteiger partial charge in [-0.25, -0.2) is 4.79 Å². The summed E-state index contributed by atoms with van der Waals surface area (Å²) in [4.78, 5) is 14.5. The quantitative estimate of drug-likeness (QED) is 0.573. The molecule has 0 saturated carbocycles. The largest absolute Gasteiger partial charge is 0.490 e. The lowest BCUT2D eigenvalue weighted by molar-refractivity contribution is 0.224. The molecule has 0 aliphatic heterocycles. The van der Waals surface area contributed by atoms with Crippen LogP contribution in [0.1, 0.15) is 12.5 Å². The zero-order valence-electron chi connectivity index (χ0n) is 15.9. The Morgan fingerprint density at radius 2 is 1.39 bits per heavy atom. The summed E-state index contributed by atoms with van der Waals surface area (Å²) in [7, 11) is 0. The minimum Gasteiger partial charge on any atom is -0.490 e. The number of nitrogens with one attached hydrogen (secondary N) is 1. The number of hydrogen-bond donors (Lipinski definition) is 1. The standard InChI is InChI=1S/C23H24N2O3/c1-2-27-21-15-9-10-16-22(21)28-18-24-23(26)25(20-13-7-4-8-14-20)17-19-11-5-3-6-12-19/h3-16H,2,17-18H2,1H3,(H,24,26). The zero-order chi connectivity index (χ0) is 19.6. The third-order valence-electron chi connectivity index (χ3n) is 4.10. The van der Waals surface area contributed by atoms with Gasteiger partial charge in [0.1, 0.15) is 0 Å². The van der Waals surface area contributed by atoms with Crippen LogP contribution in [0.15, 0.2) is 84.9 Å². The molecule has 0 saturated heterocycles. The molecule has 5 nitrogen and oxygen atoms in total. The maximum absolute atomic E-state index is 12.9. The predicted molar refractivity (Wildman–Crippen MR) is 111 cm³/mol. The van der Waals surface area contributed by atoms with Gasteiger partial charge < -0.3 is 14.8 Å². The van der Waals surface area contributed by atoms with E-state index in [1.54, 1.807) is 4.90 Å². The molecule has 2 amide bonds. The number of urea groups is 1. The number of rotatable bonds is 8. The van der Waals surface area contributed by atoms with E-state index in [4.69, 9.17) is 9.47 Å². The molecule has 0 atom stereocenters. The van der Waals surface area contributed by atoms with Gasteiger partial charge in [0.2, 0.25) is 0 Å². The van der Waals surface area contributed by atoms with E-state index in [1.807, 2.05) is 91.9 Å². The third-order valence-corrected chi connectivity index (χ3v) is 4.10. The number of para-hydroxylation sites is 3. The second-order valence-electron chi connectivity index (χ2n) is 6.06. The van der Waals surface area contributed by atoms with Crippen LogP contribution in [0, 0.1) is 0 Å². The molecular formula is C23H24N2O3. The number of amides is 2. The number of anilines is 1. The first-order valence-electron chi connectivity index (χ1n) is 9.27. The number of ether oxygens (including phenoxy) is 2. The van der Waals surface area contributed by atoms with Gasteiger partial charge in [0, 0.05) is 5.69 Å². The molecule has 0 aliphatic carbocycles. The van der Waals surface area contributed by atoms with Crippen molar-refractivity contribution in [3.05, 3.63) is 90.5 Å². The zero-order valence-corrected chi connectivity index (χ0v) is 15.9. The lowest BCUT2D eigenvalue weighted by Crippen LogP contribution is -2.41. The summed E-state index contributed by atoms with van der Waals surface area (Å²) in [5.74, 6) is 1.25. The minimum absolute atomic E-state index is 0.0427. The highest BCUT2D eigenvalue weighted by atomic mass is 16.5. The lowest BCUT2D eigenvalue weighted by atomic mass is 10.2. The minimum atomic E-state index is -0.232. The van der Waals surface area contributed by atoms with Crippen molar-refractivity contribution in [1.82, 2.24) is 5.32 Å². The Bertz CT molecular complexity index is 869. The van der Waals surface area contributed by atoms with Gasteiger partial charge in [-0.3, -0.25) is 4.90 Å². The average Bonchev–Trinajstić information content (AvgIpc) is 2.75. The third kappa shape index (κ3) is 5.27. The Hall–Kier alpha value is -3.47. The number of hydrogen-bond acceptors (Lipinski definition) is 3. The molecule has 28 heavy (non-hydrogen) atoms. The molecule has 3 rings (SSSR count). The molecule has 0 bridgehead atoms. The molecule has 144 valence electrons. The first-order valence-corrected chi connectivity index (χ1v) is 9.27. The topological polar surface area (TPSA) is 50.8 Å². The van der Waals surface area contributed by atoms with Gasteiger partial charge in [-0.2, -0.15) is 0 Å². The van der Waals surface area contributed by atoms with E-state index in [1.165, 1.54) is 0 Å². The van der Waals surface area contributed by atoms with E-state index in [-0.39, 0.29) is 12.8 Å². The molecule has 0 radical (unpaired) electrons. The van der Waals surface area contributed by atoms with Crippen molar-refractivity contribution in [2.45, 2.75) is 13.5 Å². The summed E-state index contributed by atoms with van der Waals surface area (Å²) in [6.45, 7) is 2.97. The van der Waals surface area contributed by atoms with Crippen molar-refractivity contribution in [3.63, 3.8) is 0 Å². The molecule has 3 aromatic carbocycles. The van der Waals surface area contributed by atoms with Gasteiger partial charge in [-0.15, -0.1) is 0 Å². The van der Waals surface area contributed by atoms with Crippen molar-refractivity contribution in [2.24, 2.45) is 0 Å². The van der Waals surface area contributed by atoms with Crippen molar-refractivity contribution in [2.75, 3.05) is 18.2 Å². The molecule has 0 aliphatic rings. The summed E-state index contributed by atoms with van der Waals surface area (Å²) in [6.07, 6.45) is 0. The van der Waals surface area contributed by atoms with E-state index in [2.05, 4.69) is 5.32 Å². The van der Waals surface area contributed by atoms with Gasteiger partial charge >= 0.3 is 6.03 Å². The molecule has 0 spiro atoms. The highest BCUT2D eigenvalue weighted by Gasteiger charge is 2.16. The summed E-state index contributed by atoms with van der Waals surface area (Å²) in [5.41, 5.74) is 1.86. The van der Waals surface area contributed by atoms with E-state index in [9.17, 15) is 4.79 Å². The summed E-state index contributed by atoms with van der Waals surface area (Å²) in [5, 5.41) is 2.83. The second kappa shape index (κ2) is 10.0. The van der Waals surface area contributed by atoms with Crippen LogP contribution >= 0.6 is 0 Å². The smallest absolute Gasteiger partial charge is 0.324 e. The lowest BCUT2D eigenvalue weighted by Gasteiger charge is -2.23. The maximum atomic E-state index is 12.9. The average molecular weight is 376 g/mol. The molecule has 1 N–H and O–H groups in total. The van der Waals surface area contributed by atoms with Crippen molar-refractivity contribution in [1.29, 1.82) is 0 Å². The van der Waals surface area contributed by atoms with E-state index in [0.717, 1.165) is 11.3 Å². The van der Waals surface area contributed by atoms with Crippen LogP contribution in [0.3, 0.4) is 0 Å². The Kier molecular flexibility index (Phi) is 6.90. The Morgan fingerprint density at radius 1 is 0.821 bits per heavy atom. The summed E-state index contributed by atoms with van der Waals surface area (Å²) in [6, 6.07) is 26.6. The van der Waals surface area contributed by atoms with E-state index >= 15 is 0 Å². The normalized spacial score (nSPS) is 10.2. The maximum Gasteiger partial charge on any atom is 0.324 e. The fourth-order valence-electron chi connectivity index (χ4n) is 2.77. The number of carbonyl (C=O) groups is 1. The van der Waals surface area contributed by atoms with E-state index in [0.29, 0.717) is 24.7 Å². The molecule has 0 heterocycles. The van der Waals surface area contributed by atoms with Crippen LogP contribution in [0.4, 0.5) is 10.5 Å². The highest BCUT2D eigenvalue weighted by molar-refractivity contribution is 5.91.